The van der Waals surface area contributed by atoms with Crippen LogP contribution in [0.3, 0.4) is 0 Å². The topological polar surface area (TPSA) is 104 Å². The van der Waals surface area contributed by atoms with Crippen molar-refractivity contribution in [2.45, 2.75) is 0 Å². The maximum atomic E-state index is 10.9. The van der Waals surface area contributed by atoms with Crippen LogP contribution >= 0.6 is 0 Å². The largest absolute Gasteiger partial charge is 0.507 e. The number of carboxylic acid groups (broad SMARTS) is 2. The lowest BCUT2D eigenvalue weighted by atomic mass is 10.2. The monoisotopic (exact) mass is 214 g/mol. The second-order valence-corrected chi connectivity index (χ2v) is 2.29. The van der Waals surface area contributed by atoms with Gasteiger partial charge in [-0.3, -0.25) is 0 Å². The van der Waals surface area contributed by atoms with E-state index in [1.807, 2.05) is 0 Å². The van der Waals surface area contributed by atoms with Gasteiger partial charge >= 0.3 is 12.1 Å². The first-order valence-corrected chi connectivity index (χ1v) is 3.77. The molecular weight excluding hydrogens is 204 g/mol. The first-order valence-electron chi connectivity index (χ1n) is 3.77. The molecule has 0 saturated heterocycles. The van der Waals surface area contributed by atoms with Crippen molar-refractivity contribution >= 4 is 12.1 Å². The second kappa shape index (κ2) is 6.25. The number of phenols is 1. The second-order valence-electron chi connectivity index (χ2n) is 2.29. The van der Waals surface area contributed by atoms with E-state index in [1.165, 1.54) is 19.2 Å². The number of benzene rings is 1. The highest BCUT2D eigenvalue weighted by molar-refractivity contribution is 5.92. The predicted molar refractivity (Wildman–Crippen MR) is 50.1 cm³/mol. The van der Waals surface area contributed by atoms with Crippen LogP contribution in [0.4, 0.5) is 4.79 Å². The minimum atomic E-state index is -1.83. The van der Waals surface area contributed by atoms with Crippen LogP contribution in [-0.4, -0.2) is 34.6 Å². The molecule has 0 aliphatic rings. The van der Waals surface area contributed by atoms with E-state index in [0.29, 0.717) is 0 Å². The number of rotatable bonds is 1. The first-order chi connectivity index (χ1) is 6.99. The normalized spacial score (nSPS) is 8.33. The molecule has 0 radical (unpaired) electrons. The lowest BCUT2D eigenvalue weighted by Crippen LogP contribution is -2.00. The molecular formula is C9H10O6. The van der Waals surface area contributed by atoms with Crippen molar-refractivity contribution in [2.75, 3.05) is 7.11 Å². The van der Waals surface area contributed by atoms with Crippen molar-refractivity contribution in [1.29, 1.82) is 0 Å². The van der Waals surface area contributed by atoms with Crippen LogP contribution < -0.4 is 0 Å². The maximum absolute atomic E-state index is 10.9. The molecule has 6 heteroatoms. The molecule has 0 amide bonds. The van der Waals surface area contributed by atoms with Crippen LogP contribution in [0.1, 0.15) is 10.4 Å². The Morgan fingerprint density at radius 1 is 1.20 bits per heavy atom. The van der Waals surface area contributed by atoms with Gasteiger partial charge < -0.3 is 20.1 Å². The summed E-state index contributed by atoms with van der Waals surface area (Å²) in [4.78, 5) is 19.4. The van der Waals surface area contributed by atoms with E-state index in [9.17, 15) is 4.79 Å². The van der Waals surface area contributed by atoms with E-state index >= 15 is 0 Å². The third kappa shape index (κ3) is 5.14. The van der Waals surface area contributed by atoms with E-state index in [4.69, 9.17) is 20.1 Å². The highest BCUT2D eigenvalue weighted by Crippen LogP contribution is 2.15. The average Bonchev–Trinajstić information content (AvgIpc) is 2.16. The Balaban J connectivity index is 0.000000423. The third-order valence-electron chi connectivity index (χ3n) is 1.31. The Hall–Kier alpha value is -2.24. The van der Waals surface area contributed by atoms with Gasteiger partial charge in [0.25, 0.3) is 0 Å². The van der Waals surface area contributed by atoms with Crippen LogP contribution in [0.25, 0.3) is 0 Å². The van der Waals surface area contributed by atoms with E-state index in [0.717, 1.165) is 0 Å². The van der Waals surface area contributed by atoms with Crippen LogP contribution in [0.15, 0.2) is 24.3 Å². The van der Waals surface area contributed by atoms with Gasteiger partial charge in [-0.15, -0.1) is 0 Å². The predicted octanol–water partition coefficient (Wildman–Crippen LogP) is 1.40. The smallest absolute Gasteiger partial charge is 0.503 e. The minimum absolute atomic E-state index is 0.0562. The molecule has 6 nitrogen and oxygen atoms in total. The molecule has 0 unspecified atom stereocenters. The first kappa shape index (κ1) is 12.8. The minimum Gasteiger partial charge on any atom is -0.507 e. The summed E-state index contributed by atoms with van der Waals surface area (Å²) < 4.78 is 4.42. The number of carbonyl (C=O) groups is 2. The number of methoxy groups -OCH3 is 1. The molecule has 0 saturated carbocycles. The van der Waals surface area contributed by atoms with Crippen molar-refractivity contribution in [2.24, 2.45) is 0 Å². The molecule has 0 aliphatic carbocycles. The molecule has 0 fully saturated rings. The van der Waals surface area contributed by atoms with E-state index in [-0.39, 0.29) is 11.3 Å². The van der Waals surface area contributed by atoms with Gasteiger partial charge in [0.1, 0.15) is 11.3 Å². The summed E-state index contributed by atoms with van der Waals surface area (Å²) >= 11 is 0. The molecule has 0 heterocycles. The molecule has 1 aromatic carbocycles. The fourth-order valence-electron chi connectivity index (χ4n) is 0.756. The van der Waals surface area contributed by atoms with E-state index < -0.39 is 12.1 Å². The zero-order valence-corrected chi connectivity index (χ0v) is 7.88. The number of ether oxygens (including phenoxy) is 1. The maximum Gasteiger partial charge on any atom is 0.503 e. The summed E-state index contributed by atoms with van der Waals surface area (Å²) in [5.41, 5.74) is 0.190. The lowest BCUT2D eigenvalue weighted by Gasteiger charge is -1.99. The molecule has 15 heavy (non-hydrogen) atoms. The Kier molecular flexibility index (Phi) is 5.32. The summed E-state index contributed by atoms with van der Waals surface area (Å²) in [6.45, 7) is 0. The summed E-state index contributed by atoms with van der Waals surface area (Å²) in [5.74, 6) is -0.581. The summed E-state index contributed by atoms with van der Waals surface area (Å²) in [6, 6.07) is 6.24. The van der Waals surface area contributed by atoms with Gasteiger partial charge in [-0.25, -0.2) is 9.59 Å². The molecule has 0 aromatic heterocycles. The molecule has 82 valence electrons. The van der Waals surface area contributed by atoms with Crippen molar-refractivity contribution in [3.05, 3.63) is 29.8 Å². The highest BCUT2D eigenvalue weighted by Gasteiger charge is 2.08. The SMILES string of the molecule is COC(=O)c1ccccc1O.O=C(O)O. The zero-order valence-electron chi connectivity index (χ0n) is 7.88. The molecule has 0 aliphatic heterocycles. The van der Waals surface area contributed by atoms with Crippen molar-refractivity contribution in [1.82, 2.24) is 0 Å². The fourth-order valence-corrected chi connectivity index (χ4v) is 0.756. The molecule has 0 spiro atoms. The van der Waals surface area contributed by atoms with Crippen molar-refractivity contribution in [3.8, 4) is 5.75 Å². The van der Waals surface area contributed by atoms with Crippen molar-refractivity contribution < 1.29 is 29.6 Å². The van der Waals surface area contributed by atoms with Crippen molar-refractivity contribution in [3.63, 3.8) is 0 Å². The van der Waals surface area contributed by atoms with Gasteiger partial charge in [-0.1, -0.05) is 12.1 Å². The number of esters is 1. The zero-order chi connectivity index (χ0) is 11.8. The lowest BCUT2D eigenvalue weighted by molar-refractivity contribution is 0.0597. The molecule has 1 rings (SSSR count). The fraction of sp³-hybridized carbons (Fsp3) is 0.111. The van der Waals surface area contributed by atoms with Gasteiger partial charge in [0.2, 0.25) is 0 Å². The van der Waals surface area contributed by atoms with Crippen LogP contribution in [0.2, 0.25) is 0 Å². The van der Waals surface area contributed by atoms with Gasteiger partial charge in [0, 0.05) is 0 Å². The Labute approximate surface area is 85.4 Å². The van der Waals surface area contributed by atoms with Gasteiger partial charge in [0.05, 0.1) is 7.11 Å². The number of carbonyl (C=O) groups excluding carboxylic acids is 1. The van der Waals surface area contributed by atoms with Gasteiger partial charge in [-0.05, 0) is 12.1 Å². The molecule has 3 N–H and O–H groups in total. The van der Waals surface area contributed by atoms with E-state index in [1.54, 1.807) is 12.1 Å². The average molecular weight is 214 g/mol. The van der Waals surface area contributed by atoms with Gasteiger partial charge in [-0.2, -0.15) is 0 Å². The Bertz CT molecular complexity index is 342. The number of hydrogen-bond acceptors (Lipinski definition) is 4. The van der Waals surface area contributed by atoms with Gasteiger partial charge in [0.15, 0.2) is 0 Å². The quantitative estimate of drug-likeness (QED) is 0.610. The van der Waals surface area contributed by atoms with Crippen LogP contribution in [0, 0.1) is 0 Å². The summed E-state index contributed by atoms with van der Waals surface area (Å²) in [6.07, 6.45) is -1.83. The van der Waals surface area contributed by atoms with Crippen LogP contribution in [0.5, 0.6) is 5.75 Å². The Morgan fingerprint density at radius 3 is 2.07 bits per heavy atom. The summed E-state index contributed by atoms with van der Waals surface area (Å²) in [7, 11) is 1.27. The number of hydrogen-bond donors (Lipinski definition) is 3. The highest BCUT2D eigenvalue weighted by atomic mass is 16.6. The third-order valence-corrected chi connectivity index (χ3v) is 1.31. The number of aromatic hydroxyl groups is 1. The standard InChI is InChI=1S/C8H8O3.CH2O3/c1-11-8(10)6-4-2-3-5-7(6)9;2-1(3)4/h2-5,9H,1H3;(H2,2,3,4). The number of phenolic OH excluding ortho intramolecular Hbond substituents is 1. The van der Waals surface area contributed by atoms with E-state index in [2.05, 4.69) is 4.74 Å². The molecule has 0 atom stereocenters. The Morgan fingerprint density at radius 2 is 1.67 bits per heavy atom. The molecule has 0 bridgehead atoms. The van der Waals surface area contributed by atoms with Crippen LogP contribution in [-0.2, 0) is 4.74 Å². The molecule has 1 aromatic rings. The summed E-state index contributed by atoms with van der Waals surface area (Å²) in [5, 5.41) is 23.1. The number of para-hydroxylation sites is 1.